The van der Waals surface area contributed by atoms with E-state index in [1.165, 1.54) is 17.8 Å². The predicted molar refractivity (Wildman–Crippen MR) is 86.5 cm³/mol. The van der Waals surface area contributed by atoms with E-state index in [1.807, 2.05) is 18.2 Å². The average molecular weight is 340 g/mol. The standard InChI is InChI=1S/C15H12N6O2S/c22-21(23)12-8-9-13(16-14(12)10-4-2-1-3-5-10)24-15-17-18-19-20(15)11-6-7-11/h1-5,8-9,11H,6-7H2. The van der Waals surface area contributed by atoms with Crippen LogP contribution in [0.4, 0.5) is 5.69 Å². The van der Waals surface area contributed by atoms with E-state index < -0.39 is 4.92 Å². The Morgan fingerprint density at radius 3 is 2.67 bits per heavy atom. The van der Waals surface area contributed by atoms with Crippen molar-refractivity contribution in [3.05, 3.63) is 52.6 Å². The van der Waals surface area contributed by atoms with E-state index in [9.17, 15) is 10.1 Å². The van der Waals surface area contributed by atoms with Crippen molar-refractivity contribution in [2.24, 2.45) is 0 Å². The molecule has 24 heavy (non-hydrogen) atoms. The second-order valence-corrected chi connectivity index (χ2v) is 6.37. The SMILES string of the molecule is O=[N+]([O-])c1ccc(Sc2nnnn2C2CC2)nc1-c1ccccc1. The molecule has 8 nitrogen and oxygen atoms in total. The lowest BCUT2D eigenvalue weighted by Gasteiger charge is -2.06. The summed E-state index contributed by atoms with van der Waals surface area (Å²) in [6.45, 7) is 0. The molecule has 0 aliphatic heterocycles. The van der Waals surface area contributed by atoms with Crippen molar-refractivity contribution in [1.29, 1.82) is 0 Å². The highest BCUT2D eigenvalue weighted by atomic mass is 32.2. The number of nitro groups is 1. The summed E-state index contributed by atoms with van der Waals surface area (Å²) in [5.74, 6) is 0. The number of rotatable bonds is 5. The Kier molecular flexibility index (Phi) is 3.69. The van der Waals surface area contributed by atoms with Crippen LogP contribution in [-0.4, -0.2) is 30.1 Å². The van der Waals surface area contributed by atoms with Crippen molar-refractivity contribution >= 4 is 17.4 Å². The first-order chi connectivity index (χ1) is 11.7. The molecular weight excluding hydrogens is 328 g/mol. The zero-order chi connectivity index (χ0) is 16.5. The normalized spacial score (nSPS) is 13.8. The van der Waals surface area contributed by atoms with Crippen LogP contribution in [0.15, 0.2) is 52.6 Å². The summed E-state index contributed by atoms with van der Waals surface area (Å²) < 4.78 is 1.79. The summed E-state index contributed by atoms with van der Waals surface area (Å²) in [6, 6.07) is 12.6. The second-order valence-electron chi connectivity index (χ2n) is 5.38. The highest BCUT2D eigenvalue weighted by Gasteiger charge is 2.28. The lowest BCUT2D eigenvalue weighted by atomic mass is 10.1. The fourth-order valence-corrected chi connectivity index (χ4v) is 3.16. The van der Waals surface area contributed by atoms with Crippen LogP contribution in [0, 0.1) is 10.1 Å². The number of benzene rings is 1. The zero-order valence-corrected chi connectivity index (χ0v) is 13.3. The maximum atomic E-state index is 11.3. The summed E-state index contributed by atoms with van der Waals surface area (Å²) in [5.41, 5.74) is 1.02. The number of aromatic nitrogens is 5. The van der Waals surface area contributed by atoms with Crippen LogP contribution in [0.3, 0.4) is 0 Å². The fourth-order valence-electron chi connectivity index (χ4n) is 2.34. The van der Waals surface area contributed by atoms with Gasteiger partial charge in [0.05, 0.1) is 11.0 Å². The van der Waals surface area contributed by atoms with Crippen molar-refractivity contribution < 1.29 is 4.92 Å². The van der Waals surface area contributed by atoms with Gasteiger partial charge in [0.25, 0.3) is 5.69 Å². The van der Waals surface area contributed by atoms with Crippen LogP contribution < -0.4 is 0 Å². The predicted octanol–water partition coefficient (Wildman–Crippen LogP) is 3.13. The molecule has 1 saturated carbocycles. The van der Waals surface area contributed by atoms with Crippen LogP contribution in [0.2, 0.25) is 0 Å². The molecule has 1 aromatic carbocycles. The van der Waals surface area contributed by atoms with E-state index in [2.05, 4.69) is 20.5 Å². The Morgan fingerprint density at radius 1 is 1.17 bits per heavy atom. The van der Waals surface area contributed by atoms with Gasteiger partial charge < -0.3 is 0 Å². The molecule has 1 aliphatic carbocycles. The van der Waals surface area contributed by atoms with Gasteiger partial charge in [-0.3, -0.25) is 10.1 Å². The molecule has 0 atom stereocenters. The van der Waals surface area contributed by atoms with Crippen LogP contribution in [0.1, 0.15) is 18.9 Å². The van der Waals surface area contributed by atoms with Gasteiger partial charge >= 0.3 is 0 Å². The Labute approximate surface area is 141 Å². The Hall–Kier alpha value is -2.81. The number of hydrogen-bond donors (Lipinski definition) is 0. The third-order valence-corrected chi connectivity index (χ3v) is 4.53. The number of nitrogens with zero attached hydrogens (tertiary/aromatic N) is 6. The van der Waals surface area contributed by atoms with Crippen molar-refractivity contribution in [3.8, 4) is 11.3 Å². The molecule has 0 radical (unpaired) electrons. The van der Waals surface area contributed by atoms with Gasteiger partial charge in [-0.2, -0.15) is 0 Å². The first kappa shape index (κ1) is 14.8. The lowest BCUT2D eigenvalue weighted by molar-refractivity contribution is -0.384. The third kappa shape index (κ3) is 2.85. The summed E-state index contributed by atoms with van der Waals surface area (Å²) in [4.78, 5) is 15.4. The van der Waals surface area contributed by atoms with E-state index in [0.717, 1.165) is 12.8 Å². The van der Waals surface area contributed by atoms with Crippen molar-refractivity contribution in [2.45, 2.75) is 29.1 Å². The first-order valence-electron chi connectivity index (χ1n) is 7.39. The molecular formula is C15H12N6O2S. The van der Waals surface area contributed by atoms with Crippen molar-refractivity contribution in [1.82, 2.24) is 25.2 Å². The molecule has 4 rings (SSSR count). The molecule has 9 heteroatoms. The van der Waals surface area contributed by atoms with Crippen molar-refractivity contribution in [3.63, 3.8) is 0 Å². The van der Waals surface area contributed by atoms with Gasteiger partial charge in [0.15, 0.2) is 0 Å². The molecule has 120 valence electrons. The molecule has 1 fully saturated rings. The average Bonchev–Trinajstić information content (AvgIpc) is 3.35. The highest BCUT2D eigenvalue weighted by molar-refractivity contribution is 7.99. The minimum Gasteiger partial charge on any atom is -0.258 e. The fraction of sp³-hybridized carbons (Fsp3) is 0.200. The molecule has 1 aliphatic rings. The molecule has 0 unspecified atom stereocenters. The van der Waals surface area contributed by atoms with E-state index in [4.69, 9.17) is 0 Å². The smallest absolute Gasteiger partial charge is 0.258 e. The minimum absolute atomic E-state index is 0.0210. The molecule has 0 saturated heterocycles. The van der Waals surface area contributed by atoms with Gasteiger partial charge in [-0.1, -0.05) is 30.3 Å². The highest BCUT2D eigenvalue weighted by Crippen LogP contribution is 2.38. The van der Waals surface area contributed by atoms with Gasteiger partial charge in [-0.05, 0) is 41.1 Å². The summed E-state index contributed by atoms with van der Waals surface area (Å²) >= 11 is 1.31. The molecule has 0 spiro atoms. The Bertz CT molecular complexity index is 894. The third-order valence-electron chi connectivity index (χ3n) is 3.64. The van der Waals surface area contributed by atoms with Crippen LogP contribution >= 0.6 is 11.8 Å². The lowest BCUT2D eigenvalue weighted by Crippen LogP contribution is -2.00. The molecule has 2 heterocycles. The van der Waals surface area contributed by atoms with Crippen LogP contribution in [0.25, 0.3) is 11.3 Å². The maximum absolute atomic E-state index is 11.3. The van der Waals surface area contributed by atoms with Gasteiger partial charge in [0.2, 0.25) is 5.16 Å². The van der Waals surface area contributed by atoms with E-state index in [1.54, 1.807) is 22.9 Å². The zero-order valence-electron chi connectivity index (χ0n) is 12.4. The van der Waals surface area contributed by atoms with E-state index in [0.29, 0.717) is 27.5 Å². The topological polar surface area (TPSA) is 99.6 Å². The number of hydrogen-bond acceptors (Lipinski definition) is 7. The summed E-state index contributed by atoms with van der Waals surface area (Å²) in [5, 5.41) is 24.3. The molecule has 3 aromatic rings. The largest absolute Gasteiger partial charge is 0.295 e. The van der Waals surface area contributed by atoms with E-state index in [-0.39, 0.29) is 5.69 Å². The number of pyridine rings is 1. The maximum Gasteiger partial charge on any atom is 0.295 e. The summed E-state index contributed by atoms with van der Waals surface area (Å²) in [7, 11) is 0. The first-order valence-corrected chi connectivity index (χ1v) is 8.20. The molecule has 0 bridgehead atoms. The van der Waals surface area contributed by atoms with Crippen LogP contribution in [-0.2, 0) is 0 Å². The number of tetrazole rings is 1. The monoisotopic (exact) mass is 340 g/mol. The molecule has 2 aromatic heterocycles. The Balaban J connectivity index is 1.72. The summed E-state index contributed by atoms with van der Waals surface area (Å²) in [6.07, 6.45) is 2.14. The molecule has 0 amide bonds. The van der Waals surface area contributed by atoms with Gasteiger partial charge in [-0.25, -0.2) is 9.67 Å². The van der Waals surface area contributed by atoms with E-state index >= 15 is 0 Å². The van der Waals surface area contributed by atoms with Gasteiger partial charge in [0, 0.05) is 11.6 Å². The quantitative estimate of drug-likeness (QED) is 0.519. The second kappa shape index (κ2) is 6.00. The van der Waals surface area contributed by atoms with Crippen molar-refractivity contribution in [2.75, 3.05) is 0 Å². The van der Waals surface area contributed by atoms with Gasteiger partial charge in [0.1, 0.15) is 10.7 Å². The minimum atomic E-state index is -0.419. The van der Waals surface area contributed by atoms with Crippen LogP contribution in [0.5, 0.6) is 0 Å². The van der Waals surface area contributed by atoms with Gasteiger partial charge in [-0.15, -0.1) is 5.10 Å². The molecule has 0 N–H and O–H groups in total. The Morgan fingerprint density at radius 2 is 1.96 bits per heavy atom.